The standard InChI is InChI=1S/C14H13N3O5/c1-10(14(18)16-15-9-13-3-2-8-21-13)22-12-6-4-11(5-7-12)17(19)20/h2-10H,1H3,(H,16,18)/b15-9+. The number of hydrogen-bond acceptors (Lipinski definition) is 6. The maximum atomic E-state index is 11.8. The highest BCUT2D eigenvalue weighted by Crippen LogP contribution is 2.18. The molecule has 0 aliphatic rings. The number of nitrogens with one attached hydrogen (secondary N) is 1. The largest absolute Gasteiger partial charge is 0.481 e. The zero-order valence-electron chi connectivity index (χ0n) is 11.6. The Labute approximate surface area is 125 Å². The van der Waals surface area contributed by atoms with E-state index in [0.717, 1.165) is 0 Å². The van der Waals surface area contributed by atoms with Crippen molar-refractivity contribution < 1.29 is 18.9 Å². The molecule has 0 aliphatic heterocycles. The first-order valence-electron chi connectivity index (χ1n) is 6.34. The SMILES string of the molecule is CC(Oc1ccc([N+](=O)[O-])cc1)C(=O)N/N=C/c1ccco1. The number of nitro benzene ring substituents is 1. The average molecular weight is 303 g/mol. The summed E-state index contributed by atoms with van der Waals surface area (Å²) in [5, 5.41) is 14.3. The van der Waals surface area contributed by atoms with Crippen molar-refractivity contribution in [1.29, 1.82) is 0 Å². The van der Waals surface area contributed by atoms with E-state index in [1.807, 2.05) is 0 Å². The molecule has 1 atom stereocenters. The Morgan fingerprint density at radius 1 is 1.41 bits per heavy atom. The van der Waals surface area contributed by atoms with Crippen molar-refractivity contribution in [2.45, 2.75) is 13.0 Å². The number of hydrogen-bond donors (Lipinski definition) is 1. The summed E-state index contributed by atoms with van der Waals surface area (Å²) in [6, 6.07) is 8.84. The van der Waals surface area contributed by atoms with E-state index < -0.39 is 16.9 Å². The van der Waals surface area contributed by atoms with Crippen LogP contribution in [0.2, 0.25) is 0 Å². The van der Waals surface area contributed by atoms with E-state index in [-0.39, 0.29) is 5.69 Å². The summed E-state index contributed by atoms with van der Waals surface area (Å²) in [7, 11) is 0. The van der Waals surface area contributed by atoms with Crippen LogP contribution in [0.1, 0.15) is 12.7 Å². The lowest BCUT2D eigenvalue weighted by Gasteiger charge is -2.12. The minimum Gasteiger partial charge on any atom is -0.481 e. The van der Waals surface area contributed by atoms with Gasteiger partial charge in [-0.05, 0) is 31.2 Å². The van der Waals surface area contributed by atoms with Gasteiger partial charge in [0.2, 0.25) is 0 Å². The molecule has 114 valence electrons. The number of furan rings is 1. The highest BCUT2D eigenvalue weighted by molar-refractivity contribution is 5.83. The van der Waals surface area contributed by atoms with Crippen LogP contribution < -0.4 is 10.2 Å². The number of ether oxygens (including phenoxy) is 1. The van der Waals surface area contributed by atoms with E-state index in [1.165, 1.54) is 36.7 Å². The lowest BCUT2D eigenvalue weighted by atomic mass is 10.3. The Balaban J connectivity index is 1.86. The number of non-ortho nitro benzene ring substituents is 1. The van der Waals surface area contributed by atoms with Gasteiger partial charge in [0, 0.05) is 12.1 Å². The van der Waals surface area contributed by atoms with Crippen LogP contribution in [0.5, 0.6) is 5.75 Å². The third kappa shape index (κ3) is 4.17. The van der Waals surface area contributed by atoms with Gasteiger partial charge in [0.05, 0.1) is 17.4 Å². The number of nitro groups is 1. The molecule has 1 amide bonds. The molecule has 0 fully saturated rings. The number of hydrazone groups is 1. The molecule has 1 heterocycles. The molecule has 0 spiro atoms. The van der Waals surface area contributed by atoms with E-state index >= 15 is 0 Å². The summed E-state index contributed by atoms with van der Waals surface area (Å²) in [5.41, 5.74) is 2.26. The van der Waals surface area contributed by atoms with Gasteiger partial charge in [-0.15, -0.1) is 0 Å². The fourth-order valence-corrected chi connectivity index (χ4v) is 1.52. The monoisotopic (exact) mass is 303 g/mol. The number of carbonyl (C=O) groups is 1. The first-order valence-corrected chi connectivity index (χ1v) is 6.34. The molecule has 8 heteroatoms. The fourth-order valence-electron chi connectivity index (χ4n) is 1.52. The highest BCUT2D eigenvalue weighted by atomic mass is 16.6. The molecular weight excluding hydrogens is 290 g/mol. The summed E-state index contributed by atoms with van der Waals surface area (Å²) in [5.74, 6) is 0.397. The summed E-state index contributed by atoms with van der Waals surface area (Å²) in [4.78, 5) is 21.8. The van der Waals surface area contributed by atoms with Gasteiger partial charge in [-0.25, -0.2) is 5.43 Å². The van der Waals surface area contributed by atoms with Crippen LogP contribution in [-0.2, 0) is 4.79 Å². The number of nitrogens with zero attached hydrogens (tertiary/aromatic N) is 2. The molecule has 2 aromatic rings. The lowest BCUT2D eigenvalue weighted by molar-refractivity contribution is -0.384. The molecule has 0 saturated heterocycles. The highest BCUT2D eigenvalue weighted by Gasteiger charge is 2.14. The Bertz CT molecular complexity index is 664. The van der Waals surface area contributed by atoms with Gasteiger partial charge in [-0.1, -0.05) is 0 Å². The minimum atomic E-state index is -0.810. The van der Waals surface area contributed by atoms with E-state index in [9.17, 15) is 14.9 Å². The predicted molar refractivity (Wildman–Crippen MR) is 77.6 cm³/mol. The molecule has 0 bridgehead atoms. The second-order valence-corrected chi connectivity index (χ2v) is 4.26. The van der Waals surface area contributed by atoms with Gasteiger partial charge >= 0.3 is 0 Å². The fraction of sp³-hybridized carbons (Fsp3) is 0.143. The molecule has 22 heavy (non-hydrogen) atoms. The molecular formula is C14H13N3O5. The molecule has 1 N–H and O–H groups in total. The van der Waals surface area contributed by atoms with Crippen LogP contribution in [0, 0.1) is 10.1 Å². The maximum absolute atomic E-state index is 11.8. The third-order valence-electron chi connectivity index (χ3n) is 2.64. The minimum absolute atomic E-state index is 0.0486. The van der Waals surface area contributed by atoms with E-state index in [0.29, 0.717) is 11.5 Å². The third-order valence-corrected chi connectivity index (χ3v) is 2.64. The zero-order valence-corrected chi connectivity index (χ0v) is 11.6. The van der Waals surface area contributed by atoms with Crippen molar-refractivity contribution in [2.24, 2.45) is 5.10 Å². The van der Waals surface area contributed by atoms with Gasteiger partial charge in [0.25, 0.3) is 11.6 Å². The molecule has 8 nitrogen and oxygen atoms in total. The van der Waals surface area contributed by atoms with Gasteiger partial charge in [-0.2, -0.15) is 5.10 Å². The van der Waals surface area contributed by atoms with Crippen LogP contribution in [0.3, 0.4) is 0 Å². The van der Waals surface area contributed by atoms with Gasteiger partial charge in [0.15, 0.2) is 6.10 Å². The van der Waals surface area contributed by atoms with Crippen molar-refractivity contribution >= 4 is 17.8 Å². The van der Waals surface area contributed by atoms with Crippen LogP contribution in [0.15, 0.2) is 52.2 Å². The Morgan fingerprint density at radius 3 is 2.73 bits per heavy atom. The van der Waals surface area contributed by atoms with E-state index in [4.69, 9.17) is 9.15 Å². The van der Waals surface area contributed by atoms with Crippen molar-refractivity contribution in [3.8, 4) is 5.75 Å². The van der Waals surface area contributed by atoms with E-state index in [2.05, 4.69) is 10.5 Å². The molecule has 2 rings (SSSR count). The van der Waals surface area contributed by atoms with Gasteiger partial charge < -0.3 is 9.15 Å². The van der Waals surface area contributed by atoms with Crippen molar-refractivity contribution in [3.05, 3.63) is 58.5 Å². The number of carbonyl (C=O) groups excluding carboxylic acids is 1. The summed E-state index contributed by atoms with van der Waals surface area (Å²) in [6.45, 7) is 1.54. The number of amides is 1. The molecule has 0 aliphatic carbocycles. The van der Waals surface area contributed by atoms with Crippen molar-refractivity contribution in [3.63, 3.8) is 0 Å². The first-order chi connectivity index (χ1) is 10.6. The molecule has 0 radical (unpaired) electrons. The Kier molecular flexibility index (Phi) is 4.86. The van der Waals surface area contributed by atoms with Gasteiger partial charge in [0.1, 0.15) is 11.5 Å². The van der Waals surface area contributed by atoms with Crippen LogP contribution >= 0.6 is 0 Å². The molecule has 1 aromatic heterocycles. The second kappa shape index (κ2) is 7.02. The van der Waals surface area contributed by atoms with Crippen LogP contribution in [0.25, 0.3) is 0 Å². The predicted octanol–water partition coefficient (Wildman–Crippen LogP) is 2.11. The lowest BCUT2D eigenvalue weighted by Crippen LogP contribution is -2.33. The molecule has 1 unspecified atom stereocenters. The number of benzene rings is 1. The molecule has 0 saturated carbocycles. The van der Waals surface area contributed by atoms with Crippen LogP contribution in [-0.4, -0.2) is 23.1 Å². The normalized spacial score (nSPS) is 12.0. The first kappa shape index (κ1) is 15.2. The van der Waals surface area contributed by atoms with Crippen molar-refractivity contribution in [2.75, 3.05) is 0 Å². The van der Waals surface area contributed by atoms with E-state index in [1.54, 1.807) is 19.1 Å². The second-order valence-electron chi connectivity index (χ2n) is 4.26. The zero-order chi connectivity index (χ0) is 15.9. The van der Waals surface area contributed by atoms with Crippen molar-refractivity contribution in [1.82, 2.24) is 5.43 Å². The summed E-state index contributed by atoms with van der Waals surface area (Å²) < 4.78 is 10.4. The maximum Gasteiger partial charge on any atom is 0.280 e. The average Bonchev–Trinajstić information content (AvgIpc) is 3.01. The van der Waals surface area contributed by atoms with Gasteiger partial charge in [-0.3, -0.25) is 14.9 Å². The summed E-state index contributed by atoms with van der Waals surface area (Å²) >= 11 is 0. The summed E-state index contributed by atoms with van der Waals surface area (Å²) in [6.07, 6.45) is 2.04. The Hall–Kier alpha value is -3.16. The van der Waals surface area contributed by atoms with Crippen LogP contribution in [0.4, 0.5) is 5.69 Å². The Morgan fingerprint density at radius 2 is 2.14 bits per heavy atom. The topological polar surface area (TPSA) is 107 Å². The smallest absolute Gasteiger partial charge is 0.280 e. The number of rotatable bonds is 6. The quantitative estimate of drug-likeness (QED) is 0.499. The molecule has 1 aromatic carbocycles.